The van der Waals surface area contributed by atoms with Gasteiger partial charge < -0.3 is 26.0 Å². The molecule has 3 unspecified atom stereocenters. The van der Waals surface area contributed by atoms with Crippen molar-refractivity contribution in [3.05, 3.63) is 35.4 Å². The number of amides is 4. The second-order valence-electron chi connectivity index (χ2n) is 9.36. The fourth-order valence-electron chi connectivity index (χ4n) is 3.49. The SMILES string of the molecule is C#Cc1ccc(C(C(=O)NC(C)CCC)N(CC#N)C(=O)C(CC(N)=O)NC(=O)OC(C)(C)C)cc1. The van der Waals surface area contributed by atoms with Crippen LogP contribution in [-0.4, -0.2) is 52.9 Å². The third-order valence-corrected chi connectivity index (χ3v) is 4.98. The Balaban J connectivity index is 3.48. The predicted octanol–water partition coefficient (Wildman–Crippen LogP) is 2.13. The minimum Gasteiger partial charge on any atom is -0.444 e. The van der Waals surface area contributed by atoms with E-state index in [-0.39, 0.29) is 6.04 Å². The van der Waals surface area contributed by atoms with Gasteiger partial charge in [-0.05, 0) is 51.8 Å². The molecule has 4 N–H and O–H groups in total. The zero-order valence-corrected chi connectivity index (χ0v) is 21.5. The highest BCUT2D eigenvalue weighted by Crippen LogP contribution is 2.24. The van der Waals surface area contributed by atoms with Crippen LogP contribution >= 0.6 is 0 Å². The molecule has 0 aliphatic carbocycles. The van der Waals surface area contributed by atoms with E-state index in [1.54, 1.807) is 45.0 Å². The number of hydrogen-bond donors (Lipinski definition) is 3. The number of nitrogens with two attached hydrogens (primary N) is 1. The minimum atomic E-state index is -1.46. The Hall–Kier alpha value is -4.05. The largest absolute Gasteiger partial charge is 0.444 e. The molecule has 4 amide bonds. The van der Waals surface area contributed by atoms with Crippen molar-refractivity contribution in [2.75, 3.05) is 6.54 Å². The van der Waals surface area contributed by atoms with E-state index >= 15 is 0 Å². The Morgan fingerprint density at radius 3 is 2.25 bits per heavy atom. The van der Waals surface area contributed by atoms with Crippen LogP contribution in [-0.2, 0) is 19.1 Å². The highest BCUT2D eigenvalue weighted by atomic mass is 16.6. The summed E-state index contributed by atoms with van der Waals surface area (Å²) in [5, 5.41) is 14.7. The Morgan fingerprint density at radius 2 is 1.78 bits per heavy atom. The molecule has 0 bridgehead atoms. The monoisotopic (exact) mass is 497 g/mol. The van der Waals surface area contributed by atoms with Crippen molar-refractivity contribution < 1.29 is 23.9 Å². The average Bonchev–Trinajstić information content (AvgIpc) is 2.76. The van der Waals surface area contributed by atoms with E-state index in [0.717, 1.165) is 11.3 Å². The molecule has 36 heavy (non-hydrogen) atoms. The van der Waals surface area contributed by atoms with Gasteiger partial charge in [0.1, 0.15) is 24.2 Å². The molecule has 0 heterocycles. The number of primary amides is 1. The van der Waals surface area contributed by atoms with E-state index < -0.39 is 54.5 Å². The summed E-state index contributed by atoms with van der Waals surface area (Å²) in [5.41, 5.74) is 5.41. The van der Waals surface area contributed by atoms with Crippen LogP contribution in [0.4, 0.5) is 4.79 Å². The summed E-state index contributed by atoms with van der Waals surface area (Å²) in [6.07, 6.45) is 5.45. The zero-order valence-electron chi connectivity index (χ0n) is 21.5. The molecule has 3 atom stereocenters. The lowest BCUT2D eigenvalue weighted by Gasteiger charge is -2.33. The maximum atomic E-state index is 13.6. The second kappa shape index (κ2) is 13.7. The molecule has 0 spiro atoms. The van der Waals surface area contributed by atoms with Crippen molar-refractivity contribution in [1.82, 2.24) is 15.5 Å². The van der Waals surface area contributed by atoms with Gasteiger partial charge in [0.2, 0.25) is 17.7 Å². The molecule has 0 saturated carbocycles. The van der Waals surface area contributed by atoms with Crippen LogP contribution in [0.25, 0.3) is 0 Å². The molecule has 0 radical (unpaired) electrons. The van der Waals surface area contributed by atoms with Gasteiger partial charge in [-0.2, -0.15) is 5.26 Å². The molecule has 1 rings (SSSR count). The fourth-order valence-corrected chi connectivity index (χ4v) is 3.49. The van der Waals surface area contributed by atoms with E-state index in [9.17, 15) is 24.4 Å². The summed E-state index contributed by atoms with van der Waals surface area (Å²) in [7, 11) is 0. The van der Waals surface area contributed by atoms with Gasteiger partial charge in [-0.1, -0.05) is 31.4 Å². The summed E-state index contributed by atoms with van der Waals surface area (Å²) >= 11 is 0. The summed E-state index contributed by atoms with van der Waals surface area (Å²) in [6.45, 7) is 8.21. The van der Waals surface area contributed by atoms with Crippen molar-refractivity contribution in [3.8, 4) is 18.4 Å². The van der Waals surface area contributed by atoms with Crippen molar-refractivity contribution in [2.24, 2.45) is 5.73 Å². The molecular weight excluding hydrogens is 462 g/mol. The molecule has 0 aliphatic rings. The van der Waals surface area contributed by atoms with Crippen LogP contribution < -0.4 is 16.4 Å². The minimum absolute atomic E-state index is 0.199. The first kappa shape index (κ1) is 30.0. The quantitative estimate of drug-likeness (QED) is 0.314. The molecule has 0 aliphatic heterocycles. The van der Waals surface area contributed by atoms with E-state index in [2.05, 4.69) is 16.6 Å². The molecular formula is C26H35N5O5. The summed E-state index contributed by atoms with van der Waals surface area (Å²) in [4.78, 5) is 52.1. The van der Waals surface area contributed by atoms with E-state index in [1.807, 2.05) is 19.9 Å². The highest BCUT2D eigenvalue weighted by Gasteiger charge is 2.37. The molecule has 1 aromatic rings. The molecule has 0 fully saturated rings. The average molecular weight is 498 g/mol. The number of terminal acetylenes is 1. The number of alkyl carbamates (subject to hydrolysis) is 1. The Labute approximate surface area is 212 Å². The Kier molecular flexibility index (Phi) is 11.4. The standard InChI is InChI=1S/C26H35N5O5/c1-7-9-17(3)29-23(33)22(19-12-10-18(8-2)11-13-19)31(15-14-27)24(34)20(16-21(28)32)30-25(35)36-26(4,5)6/h2,10-13,17,20,22H,7,9,15-16H2,1,3-6H3,(H2,28,32)(H,29,33)(H,30,35). The summed E-state index contributed by atoms with van der Waals surface area (Å²) in [5.74, 6) is 0.252. The van der Waals surface area contributed by atoms with E-state index in [1.165, 1.54) is 0 Å². The van der Waals surface area contributed by atoms with Crippen LogP contribution in [0.15, 0.2) is 24.3 Å². The number of ether oxygens (including phenoxy) is 1. The number of benzene rings is 1. The van der Waals surface area contributed by atoms with Gasteiger partial charge >= 0.3 is 6.09 Å². The molecule has 0 saturated heterocycles. The van der Waals surface area contributed by atoms with Gasteiger partial charge in [0.05, 0.1) is 12.5 Å². The van der Waals surface area contributed by atoms with Crippen molar-refractivity contribution >= 4 is 23.8 Å². The van der Waals surface area contributed by atoms with Crippen molar-refractivity contribution in [1.29, 1.82) is 5.26 Å². The number of carbonyl (C=O) groups excluding carboxylic acids is 4. The lowest BCUT2D eigenvalue weighted by molar-refractivity contribution is -0.142. The lowest BCUT2D eigenvalue weighted by atomic mass is 10.00. The third-order valence-electron chi connectivity index (χ3n) is 4.98. The van der Waals surface area contributed by atoms with Gasteiger partial charge in [-0.25, -0.2) is 4.79 Å². The third kappa shape index (κ3) is 9.67. The first-order valence-electron chi connectivity index (χ1n) is 11.6. The molecule has 0 aromatic heterocycles. The summed E-state index contributed by atoms with van der Waals surface area (Å²) in [6, 6.07) is 5.39. The smallest absolute Gasteiger partial charge is 0.408 e. The second-order valence-corrected chi connectivity index (χ2v) is 9.36. The van der Waals surface area contributed by atoms with Gasteiger partial charge in [-0.15, -0.1) is 6.42 Å². The van der Waals surface area contributed by atoms with Crippen LogP contribution in [0.5, 0.6) is 0 Å². The molecule has 10 heteroatoms. The maximum absolute atomic E-state index is 13.6. The van der Waals surface area contributed by atoms with Crippen LogP contribution in [0.1, 0.15) is 71.0 Å². The molecule has 194 valence electrons. The summed E-state index contributed by atoms with van der Waals surface area (Å²) < 4.78 is 5.20. The first-order chi connectivity index (χ1) is 16.8. The van der Waals surface area contributed by atoms with Crippen molar-refractivity contribution in [2.45, 2.75) is 77.6 Å². The maximum Gasteiger partial charge on any atom is 0.408 e. The zero-order chi connectivity index (χ0) is 27.5. The topological polar surface area (TPSA) is 155 Å². The first-order valence-corrected chi connectivity index (χ1v) is 11.6. The fraction of sp³-hybridized carbons (Fsp3) is 0.500. The normalized spacial score (nSPS) is 13.2. The Bertz CT molecular complexity index is 1020. The molecule has 1 aromatic carbocycles. The number of nitrogens with one attached hydrogen (secondary N) is 2. The Morgan fingerprint density at radius 1 is 1.17 bits per heavy atom. The predicted molar refractivity (Wildman–Crippen MR) is 134 cm³/mol. The number of hydrogen-bond acceptors (Lipinski definition) is 6. The number of rotatable bonds is 11. The van der Waals surface area contributed by atoms with Gasteiger partial charge in [0.15, 0.2) is 0 Å². The lowest BCUT2D eigenvalue weighted by Crippen LogP contribution is -2.54. The van der Waals surface area contributed by atoms with Crippen molar-refractivity contribution in [3.63, 3.8) is 0 Å². The van der Waals surface area contributed by atoms with Crippen LogP contribution in [0, 0.1) is 23.7 Å². The van der Waals surface area contributed by atoms with Gasteiger partial charge in [0.25, 0.3) is 0 Å². The van der Waals surface area contributed by atoms with Crippen LogP contribution in [0.2, 0.25) is 0 Å². The highest BCUT2D eigenvalue weighted by molar-refractivity contribution is 5.94. The van der Waals surface area contributed by atoms with E-state index in [4.69, 9.17) is 16.9 Å². The van der Waals surface area contributed by atoms with Gasteiger partial charge in [-0.3, -0.25) is 14.4 Å². The van der Waals surface area contributed by atoms with E-state index in [0.29, 0.717) is 17.5 Å². The molecule has 10 nitrogen and oxygen atoms in total. The van der Waals surface area contributed by atoms with Gasteiger partial charge in [0, 0.05) is 11.6 Å². The number of nitriles is 1. The number of carbonyl (C=O) groups is 4. The van der Waals surface area contributed by atoms with Crippen LogP contribution in [0.3, 0.4) is 0 Å². The number of nitrogens with zero attached hydrogens (tertiary/aromatic N) is 2.